The van der Waals surface area contributed by atoms with Crippen LogP contribution < -0.4 is 21.2 Å². The highest BCUT2D eigenvalue weighted by atomic mass is 32.2. The van der Waals surface area contributed by atoms with Gasteiger partial charge in [-0.05, 0) is 24.1 Å². The molecular formula is C13H22N3OS+. The Kier molecular flexibility index (Phi) is 7.10. The zero-order chi connectivity index (χ0) is 13.2. The van der Waals surface area contributed by atoms with Crippen LogP contribution in [-0.2, 0) is 5.75 Å². The third-order valence-electron chi connectivity index (χ3n) is 2.24. The molecule has 0 unspecified atom stereocenters. The third kappa shape index (κ3) is 6.39. The molecule has 1 aromatic carbocycles. The SMILES string of the molecule is CCCOc1ccc(CSCC[NH+]=C(N)N)cc1. The largest absolute Gasteiger partial charge is 0.494 e. The second-order valence-electron chi connectivity index (χ2n) is 3.93. The first-order valence-corrected chi connectivity index (χ1v) is 7.29. The summed E-state index contributed by atoms with van der Waals surface area (Å²) in [5.74, 6) is 3.19. The summed E-state index contributed by atoms with van der Waals surface area (Å²) < 4.78 is 5.53. The molecule has 0 aromatic heterocycles. The molecule has 100 valence electrons. The number of hydrogen-bond donors (Lipinski definition) is 3. The van der Waals surface area contributed by atoms with Crippen molar-refractivity contribution in [3.8, 4) is 5.75 Å². The molecule has 0 heterocycles. The minimum Gasteiger partial charge on any atom is -0.494 e. The van der Waals surface area contributed by atoms with Crippen molar-refractivity contribution in [2.24, 2.45) is 11.5 Å². The number of benzene rings is 1. The van der Waals surface area contributed by atoms with E-state index in [-0.39, 0.29) is 5.96 Å². The van der Waals surface area contributed by atoms with Gasteiger partial charge in [-0.1, -0.05) is 19.1 Å². The van der Waals surface area contributed by atoms with Crippen molar-refractivity contribution in [3.63, 3.8) is 0 Å². The van der Waals surface area contributed by atoms with Gasteiger partial charge in [-0.2, -0.15) is 11.8 Å². The second kappa shape index (κ2) is 8.69. The van der Waals surface area contributed by atoms with Gasteiger partial charge in [0.05, 0.1) is 13.2 Å². The Labute approximate surface area is 113 Å². The van der Waals surface area contributed by atoms with Crippen molar-refractivity contribution in [2.75, 3.05) is 18.9 Å². The van der Waals surface area contributed by atoms with Crippen LogP contribution in [0.2, 0.25) is 0 Å². The van der Waals surface area contributed by atoms with Crippen LogP contribution in [0.3, 0.4) is 0 Å². The predicted octanol–water partition coefficient (Wildman–Crippen LogP) is 0.0626. The van der Waals surface area contributed by atoms with Crippen molar-refractivity contribution >= 4 is 17.7 Å². The molecule has 0 atom stereocenters. The molecule has 1 rings (SSSR count). The Morgan fingerprint density at radius 2 is 2.00 bits per heavy atom. The third-order valence-corrected chi connectivity index (χ3v) is 3.27. The molecule has 0 spiro atoms. The monoisotopic (exact) mass is 268 g/mol. The number of hydrogen-bond acceptors (Lipinski definition) is 2. The highest BCUT2D eigenvalue weighted by molar-refractivity contribution is 7.98. The minimum atomic E-state index is 0.285. The summed E-state index contributed by atoms with van der Waals surface area (Å²) in [4.78, 5) is 2.90. The first-order chi connectivity index (χ1) is 8.72. The van der Waals surface area contributed by atoms with Gasteiger partial charge in [-0.3, -0.25) is 16.5 Å². The zero-order valence-corrected chi connectivity index (χ0v) is 11.6. The molecule has 0 aliphatic heterocycles. The maximum absolute atomic E-state index is 5.53. The van der Waals surface area contributed by atoms with Crippen LogP contribution in [0.4, 0.5) is 0 Å². The van der Waals surface area contributed by atoms with Crippen molar-refractivity contribution in [2.45, 2.75) is 19.1 Å². The number of thioether (sulfide) groups is 1. The van der Waals surface area contributed by atoms with E-state index < -0.39 is 0 Å². The molecule has 5 heteroatoms. The molecule has 0 aliphatic carbocycles. The number of guanidine groups is 1. The number of ether oxygens (including phenoxy) is 1. The van der Waals surface area contributed by atoms with Crippen molar-refractivity contribution in [1.82, 2.24) is 0 Å². The Morgan fingerprint density at radius 3 is 2.61 bits per heavy atom. The maximum atomic E-state index is 5.53. The van der Waals surface area contributed by atoms with Crippen LogP contribution in [0.25, 0.3) is 0 Å². The lowest BCUT2D eigenvalue weighted by Gasteiger charge is -2.05. The first-order valence-electron chi connectivity index (χ1n) is 6.13. The molecule has 5 N–H and O–H groups in total. The van der Waals surface area contributed by atoms with Gasteiger partial charge in [0.1, 0.15) is 5.75 Å². The van der Waals surface area contributed by atoms with Crippen LogP contribution >= 0.6 is 11.8 Å². The highest BCUT2D eigenvalue weighted by Crippen LogP contribution is 2.16. The van der Waals surface area contributed by atoms with Crippen molar-refractivity contribution in [3.05, 3.63) is 29.8 Å². The molecule has 0 saturated heterocycles. The van der Waals surface area contributed by atoms with Crippen LogP contribution in [0.15, 0.2) is 24.3 Å². The molecule has 0 saturated carbocycles. The molecule has 1 aromatic rings. The van der Waals surface area contributed by atoms with Crippen LogP contribution in [0, 0.1) is 0 Å². The van der Waals surface area contributed by atoms with Gasteiger partial charge in [0.15, 0.2) is 0 Å². The molecule has 0 fully saturated rings. The minimum absolute atomic E-state index is 0.285. The Morgan fingerprint density at radius 1 is 1.28 bits per heavy atom. The fourth-order valence-electron chi connectivity index (χ4n) is 1.36. The summed E-state index contributed by atoms with van der Waals surface area (Å²) in [6.07, 6.45) is 1.03. The Balaban J connectivity index is 2.24. The molecule has 18 heavy (non-hydrogen) atoms. The summed E-state index contributed by atoms with van der Waals surface area (Å²) in [7, 11) is 0. The van der Waals surface area contributed by atoms with E-state index in [9.17, 15) is 0 Å². The van der Waals surface area contributed by atoms with Crippen molar-refractivity contribution < 1.29 is 9.73 Å². The number of nitrogens with two attached hydrogens (primary N) is 2. The van der Waals surface area contributed by atoms with E-state index in [1.807, 2.05) is 23.9 Å². The molecule has 0 bridgehead atoms. The first kappa shape index (κ1) is 14.7. The van der Waals surface area contributed by atoms with Gasteiger partial charge in [-0.25, -0.2) is 0 Å². The number of rotatable bonds is 8. The van der Waals surface area contributed by atoms with E-state index in [4.69, 9.17) is 16.2 Å². The summed E-state index contributed by atoms with van der Waals surface area (Å²) >= 11 is 1.84. The van der Waals surface area contributed by atoms with Gasteiger partial charge in [0.2, 0.25) is 0 Å². The van der Waals surface area contributed by atoms with Gasteiger partial charge < -0.3 is 4.74 Å². The lowest BCUT2D eigenvalue weighted by Crippen LogP contribution is -2.78. The lowest BCUT2D eigenvalue weighted by molar-refractivity contribution is -0.453. The molecule has 0 radical (unpaired) electrons. The molecule has 4 nitrogen and oxygen atoms in total. The molecule has 0 aliphatic rings. The van der Waals surface area contributed by atoms with E-state index in [2.05, 4.69) is 24.0 Å². The smallest absolute Gasteiger partial charge is 0.338 e. The summed E-state index contributed by atoms with van der Waals surface area (Å²) in [6.45, 7) is 3.67. The Bertz CT molecular complexity index is 361. The number of nitrogens with one attached hydrogen (secondary N) is 1. The van der Waals surface area contributed by atoms with E-state index in [0.29, 0.717) is 0 Å². The normalized spacial score (nSPS) is 10.1. The second-order valence-corrected chi connectivity index (χ2v) is 5.03. The Hall–Kier alpha value is -1.36. The fraction of sp³-hybridized carbons (Fsp3) is 0.462. The highest BCUT2D eigenvalue weighted by Gasteiger charge is 1.96. The fourth-order valence-corrected chi connectivity index (χ4v) is 2.18. The average Bonchev–Trinajstić information content (AvgIpc) is 2.37. The van der Waals surface area contributed by atoms with Gasteiger partial charge in [0.25, 0.3) is 0 Å². The molecular weight excluding hydrogens is 246 g/mol. The maximum Gasteiger partial charge on any atom is 0.338 e. The quantitative estimate of drug-likeness (QED) is 0.354. The average molecular weight is 268 g/mol. The lowest BCUT2D eigenvalue weighted by atomic mass is 10.2. The van der Waals surface area contributed by atoms with Gasteiger partial charge >= 0.3 is 5.96 Å². The van der Waals surface area contributed by atoms with Crippen molar-refractivity contribution in [1.29, 1.82) is 0 Å². The standard InChI is InChI=1S/C13H21N3OS/c1-2-8-17-12-5-3-11(4-6-12)10-18-9-7-16-13(14)15/h3-6H,2,7-10H2,1H3,(H4,14,15,16)/p+1. The van der Waals surface area contributed by atoms with Gasteiger partial charge in [0, 0.05) is 11.5 Å². The van der Waals surface area contributed by atoms with E-state index in [1.54, 1.807) is 0 Å². The topological polar surface area (TPSA) is 75.2 Å². The van der Waals surface area contributed by atoms with Crippen LogP contribution in [0.5, 0.6) is 5.75 Å². The predicted molar refractivity (Wildman–Crippen MR) is 77.6 cm³/mol. The van der Waals surface area contributed by atoms with E-state index in [1.165, 1.54) is 5.56 Å². The van der Waals surface area contributed by atoms with Gasteiger partial charge in [-0.15, -0.1) is 0 Å². The summed E-state index contributed by atoms with van der Waals surface area (Å²) in [5, 5.41) is 0. The zero-order valence-electron chi connectivity index (χ0n) is 10.8. The van der Waals surface area contributed by atoms with Crippen LogP contribution in [-0.4, -0.2) is 24.9 Å². The van der Waals surface area contributed by atoms with E-state index in [0.717, 1.165) is 36.8 Å². The summed E-state index contributed by atoms with van der Waals surface area (Å²) in [6, 6.07) is 8.26. The van der Waals surface area contributed by atoms with Crippen LogP contribution in [0.1, 0.15) is 18.9 Å². The van der Waals surface area contributed by atoms with E-state index >= 15 is 0 Å². The molecule has 0 amide bonds. The summed E-state index contributed by atoms with van der Waals surface area (Å²) in [5.41, 5.74) is 11.9.